The van der Waals surface area contributed by atoms with E-state index in [4.69, 9.17) is 11.6 Å². The van der Waals surface area contributed by atoms with Gasteiger partial charge >= 0.3 is 5.97 Å². The molecule has 0 fully saturated rings. The van der Waals surface area contributed by atoms with Gasteiger partial charge in [0.15, 0.2) is 5.43 Å². The molecule has 0 bridgehead atoms. The summed E-state index contributed by atoms with van der Waals surface area (Å²) in [4.78, 5) is 23.5. The summed E-state index contributed by atoms with van der Waals surface area (Å²) in [6, 6.07) is 8.04. The van der Waals surface area contributed by atoms with E-state index in [0.717, 1.165) is 0 Å². The molecule has 4 nitrogen and oxygen atoms in total. The minimum absolute atomic E-state index is 0.246. The van der Waals surface area contributed by atoms with E-state index in [1.54, 1.807) is 41.8 Å². The Balaban J connectivity index is 2.87. The lowest BCUT2D eigenvalue weighted by Crippen LogP contribution is -2.22. The van der Waals surface area contributed by atoms with E-state index in [1.165, 1.54) is 6.07 Å². The molecular weight excluding hydrogens is 290 g/mol. The average Bonchev–Trinajstić information content (AvgIpc) is 2.42. The number of hydrogen-bond donors (Lipinski definition) is 1. The molecule has 21 heavy (non-hydrogen) atoms. The van der Waals surface area contributed by atoms with Crippen LogP contribution in [0, 0.1) is 6.92 Å². The molecule has 108 valence electrons. The van der Waals surface area contributed by atoms with Crippen molar-refractivity contribution in [2.24, 2.45) is 0 Å². The second-order valence-corrected chi connectivity index (χ2v) is 5.02. The monoisotopic (exact) mass is 303 g/mol. The molecule has 1 heterocycles. The summed E-state index contributed by atoms with van der Waals surface area (Å²) in [5.74, 6) is -1.25. The van der Waals surface area contributed by atoms with Gasteiger partial charge in [0.05, 0.1) is 5.69 Å². The number of benzene rings is 1. The number of carbonyl (C=O) groups is 1. The fraction of sp³-hybridized carbons (Fsp3) is 0.125. The Morgan fingerprint density at radius 3 is 2.52 bits per heavy atom. The van der Waals surface area contributed by atoms with Crippen LogP contribution in [-0.2, 0) is 6.54 Å². The number of aryl methyl sites for hydroxylation is 1. The lowest BCUT2D eigenvalue weighted by Gasteiger charge is -2.17. The summed E-state index contributed by atoms with van der Waals surface area (Å²) in [6.07, 6.45) is 1.66. The number of aromatic carboxylic acids is 1. The summed E-state index contributed by atoms with van der Waals surface area (Å²) in [7, 11) is 0. The second kappa shape index (κ2) is 5.97. The van der Waals surface area contributed by atoms with Gasteiger partial charge in [0.25, 0.3) is 0 Å². The first-order chi connectivity index (χ1) is 9.95. The smallest absolute Gasteiger partial charge is 0.341 e. The van der Waals surface area contributed by atoms with Crippen LogP contribution in [0.2, 0.25) is 5.02 Å². The highest BCUT2D eigenvalue weighted by molar-refractivity contribution is 6.30. The molecule has 0 unspecified atom stereocenters. The van der Waals surface area contributed by atoms with E-state index in [9.17, 15) is 14.7 Å². The van der Waals surface area contributed by atoms with Crippen molar-refractivity contribution >= 4 is 17.6 Å². The number of allylic oxidation sites excluding steroid dienone is 1. The minimum atomic E-state index is -1.25. The van der Waals surface area contributed by atoms with Gasteiger partial charge in [0, 0.05) is 23.3 Å². The fourth-order valence-electron chi connectivity index (χ4n) is 2.25. The molecule has 0 amide bonds. The summed E-state index contributed by atoms with van der Waals surface area (Å²) >= 11 is 5.86. The summed E-state index contributed by atoms with van der Waals surface area (Å²) in [6.45, 7) is 5.84. The maximum absolute atomic E-state index is 12.1. The van der Waals surface area contributed by atoms with Crippen LogP contribution in [0.4, 0.5) is 0 Å². The SMILES string of the molecule is C=CCn1c(C)cc(=O)c(C(=O)O)c1-c1ccc(Cl)cc1. The van der Waals surface area contributed by atoms with Gasteiger partial charge in [-0.25, -0.2) is 4.79 Å². The van der Waals surface area contributed by atoms with Crippen LogP contribution in [-0.4, -0.2) is 15.6 Å². The zero-order valence-corrected chi connectivity index (χ0v) is 12.2. The second-order valence-electron chi connectivity index (χ2n) is 4.58. The van der Waals surface area contributed by atoms with Crippen LogP contribution < -0.4 is 5.43 Å². The number of pyridine rings is 1. The van der Waals surface area contributed by atoms with Crippen LogP contribution in [0.15, 0.2) is 47.8 Å². The highest BCUT2D eigenvalue weighted by atomic mass is 35.5. The predicted octanol–water partition coefficient (Wildman–Crippen LogP) is 3.36. The summed E-state index contributed by atoms with van der Waals surface area (Å²) in [5.41, 5.74) is 0.911. The third kappa shape index (κ3) is 2.90. The number of rotatable bonds is 4. The molecule has 1 N–H and O–H groups in total. The molecule has 1 aromatic carbocycles. The van der Waals surface area contributed by atoms with E-state index in [-0.39, 0.29) is 5.56 Å². The molecule has 0 saturated heterocycles. The Morgan fingerprint density at radius 2 is 2.00 bits per heavy atom. The van der Waals surface area contributed by atoms with Gasteiger partial charge in [-0.05, 0) is 24.6 Å². The molecule has 0 saturated carbocycles. The number of carboxylic acids is 1. The number of nitrogens with zero attached hydrogens (tertiary/aromatic N) is 1. The third-order valence-corrected chi connectivity index (χ3v) is 3.41. The lowest BCUT2D eigenvalue weighted by molar-refractivity contribution is 0.0695. The molecule has 0 aliphatic rings. The van der Waals surface area contributed by atoms with E-state index in [0.29, 0.717) is 28.5 Å². The van der Waals surface area contributed by atoms with Crippen molar-refractivity contribution in [3.63, 3.8) is 0 Å². The Kier molecular flexibility index (Phi) is 4.29. The van der Waals surface area contributed by atoms with Gasteiger partial charge in [-0.15, -0.1) is 6.58 Å². The van der Waals surface area contributed by atoms with E-state index >= 15 is 0 Å². The van der Waals surface area contributed by atoms with Crippen molar-refractivity contribution in [1.29, 1.82) is 0 Å². The summed E-state index contributed by atoms with van der Waals surface area (Å²) < 4.78 is 1.75. The Morgan fingerprint density at radius 1 is 1.38 bits per heavy atom. The first-order valence-electron chi connectivity index (χ1n) is 6.30. The van der Waals surface area contributed by atoms with Gasteiger partial charge in [-0.1, -0.05) is 29.8 Å². The van der Waals surface area contributed by atoms with Gasteiger partial charge in [-0.3, -0.25) is 4.79 Å². The summed E-state index contributed by atoms with van der Waals surface area (Å²) in [5, 5.41) is 9.92. The Hall–Kier alpha value is -2.33. The maximum atomic E-state index is 12.1. The van der Waals surface area contributed by atoms with Gasteiger partial charge < -0.3 is 9.67 Å². The predicted molar refractivity (Wildman–Crippen MR) is 83.0 cm³/mol. The van der Waals surface area contributed by atoms with Crippen molar-refractivity contribution in [2.45, 2.75) is 13.5 Å². The fourth-order valence-corrected chi connectivity index (χ4v) is 2.37. The number of halogens is 1. The average molecular weight is 304 g/mol. The van der Waals surface area contributed by atoms with Crippen LogP contribution >= 0.6 is 11.6 Å². The molecule has 0 radical (unpaired) electrons. The molecule has 1 aromatic heterocycles. The van der Waals surface area contributed by atoms with Crippen LogP contribution in [0.1, 0.15) is 16.1 Å². The Labute approximate surface area is 126 Å². The van der Waals surface area contributed by atoms with E-state index in [1.807, 2.05) is 0 Å². The molecule has 0 aliphatic carbocycles. The van der Waals surface area contributed by atoms with Crippen LogP contribution in [0.3, 0.4) is 0 Å². The number of aromatic nitrogens is 1. The highest BCUT2D eigenvalue weighted by Gasteiger charge is 2.20. The number of carboxylic acid groups (broad SMARTS) is 1. The molecule has 2 aromatic rings. The van der Waals surface area contributed by atoms with E-state index in [2.05, 4.69) is 6.58 Å². The standard InChI is InChI=1S/C16H14ClNO3/c1-3-8-18-10(2)9-13(19)14(16(20)21)15(18)11-4-6-12(17)7-5-11/h3-7,9H,1,8H2,2H3,(H,20,21). The quantitative estimate of drug-likeness (QED) is 0.881. The van der Waals surface area contributed by atoms with Crippen molar-refractivity contribution in [3.8, 4) is 11.3 Å². The zero-order chi connectivity index (χ0) is 15.6. The third-order valence-electron chi connectivity index (χ3n) is 3.16. The van der Waals surface area contributed by atoms with Crippen molar-refractivity contribution in [2.75, 3.05) is 0 Å². The molecule has 2 rings (SSSR count). The topological polar surface area (TPSA) is 59.3 Å². The van der Waals surface area contributed by atoms with Gasteiger partial charge in [-0.2, -0.15) is 0 Å². The van der Waals surface area contributed by atoms with Gasteiger partial charge in [0.1, 0.15) is 5.56 Å². The largest absolute Gasteiger partial charge is 0.477 e. The molecule has 0 spiro atoms. The van der Waals surface area contributed by atoms with E-state index < -0.39 is 11.4 Å². The van der Waals surface area contributed by atoms with Crippen LogP contribution in [0.25, 0.3) is 11.3 Å². The molecule has 0 atom stereocenters. The van der Waals surface area contributed by atoms with Crippen molar-refractivity contribution < 1.29 is 9.90 Å². The highest BCUT2D eigenvalue weighted by Crippen LogP contribution is 2.25. The molecule has 5 heteroatoms. The van der Waals surface area contributed by atoms with Crippen molar-refractivity contribution in [3.05, 3.63) is 69.5 Å². The number of hydrogen-bond acceptors (Lipinski definition) is 2. The first kappa shape index (κ1) is 15.1. The van der Waals surface area contributed by atoms with Crippen LogP contribution in [0.5, 0.6) is 0 Å². The maximum Gasteiger partial charge on any atom is 0.341 e. The lowest BCUT2D eigenvalue weighted by atomic mass is 10.0. The van der Waals surface area contributed by atoms with Gasteiger partial charge in [0.2, 0.25) is 0 Å². The van der Waals surface area contributed by atoms with Crippen molar-refractivity contribution in [1.82, 2.24) is 4.57 Å². The zero-order valence-electron chi connectivity index (χ0n) is 11.5. The molecule has 0 aliphatic heterocycles. The Bertz CT molecular complexity index is 760. The molecular formula is C16H14ClNO3. The normalized spacial score (nSPS) is 10.4. The first-order valence-corrected chi connectivity index (χ1v) is 6.68. The minimum Gasteiger partial charge on any atom is -0.477 e.